The molecule has 0 unspecified atom stereocenters. The molecule has 2 rings (SSSR count). The van der Waals surface area contributed by atoms with E-state index in [9.17, 15) is 13.2 Å². The Bertz CT molecular complexity index is 672. The van der Waals surface area contributed by atoms with Gasteiger partial charge in [-0.15, -0.1) is 0 Å². The molecular weight excluding hydrogens is 238 g/mol. The summed E-state index contributed by atoms with van der Waals surface area (Å²) in [7, 11) is -3.98. The molecule has 4 nitrogen and oxygen atoms in total. The van der Waals surface area contributed by atoms with E-state index in [1.54, 1.807) is 30.3 Å². The molecule has 0 spiro atoms. The van der Waals surface area contributed by atoms with E-state index in [1.807, 2.05) is 6.07 Å². The fourth-order valence-electron chi connectivity index (χ4n) is 1.66. The third-order valence-corrected chi connectivity index (χ3v) is 4.21. The number of benzene rings is 2. The van der Waals surface area contributed by atoms with Crippen LogP contribution in [0.2, 0.25) is 0 Å². The summed E-state index contributed by atoms with van der Waals surface area (Å²) in [5.41, 5.74) is 5.11. The van der Waals surface area contributed by atoms with Crippen LogP contribution in [0.5, 0.6) is 0 Å². The standard InChI is InChI=1S/C12H11NO3S/c13-8-12(14)17(15,16)11-7-3-5-9-4-1-2-6-10(9)11/h1-7H,8,13H2. The number of nitrogens with two attached hydrogens (primary N) is 1. The summed E-state index contributed by atoms with van der Waals surface area (Å²) < 4.78 is 23.9. The van der Waals surface area contributed by atoms with Gasteiger partial charge in [-0.3, -0.25) is 4.79 Å². The molecule has 2 aromatic carbocycles. The molecule has 0 saturated heterocycles. The molecule has 0 saturated carbocycles. The summed E-state index contributed by atoms with van der Waals surface area (Å²) in [5, 5.41) is 0.351. The maximum absolute atomic E-state index is 11.9. The van der Waals surface area contributed by atoms with Gasteiger partial charge in [0.25, 0.3) is 5.12 Å². The number of carbonyl (C=O) groups excluding carboxylic acids is 1. The first kappa shape index (κ1) is 11.8. The third-order valence-electron chi connectivity index (χ3n) is 2.51. The van der Waals surface area contributed by atoms with Gasteiger partial charge in [0.2, 0.25) is 9.84 Å². The SMILES string of the molecule is NCC(=O)S(=O)(=O)c1cccc2ccccc12. The lowest BCUT2D eigenvalue weighted by Gasteiger charge is -2.05. The van der Waals surface area contributed by atoms with Crippen molar-refractivity contribution in [2.24, 2.45) is 5.73 Å². The highest BCUT2D eigenvalue weighted by Gasteiger charge is 2.24. The van der Waals surface area contributed by atoms with Gasteiger partial charge in [-0.2, -0.15) is 0 Å². The van der Waals surface area contributed by atoms with Gasteiger partial charge in [0.1, 0.15) is 0 Å². The van der Waals surface area contributed by atoms with Crippen LogP contribution in [0.3, 0.4) is 0 Å². The molecule has 17 heavy (non-hydrogen) atoms. The fourth-order valence-corrected chi connectivity index (χ4v) is 2.86. The van der Waals surface area contributed by atoms with Crippen LogP contribution in [-0.2, 0) is 14.6 Å². The Hall–Kier alpha value is -1.72. The molecule has 0 amide bonds. The van der Waals surface area contributed by atoms with Crippen molar-refractivity contribution in [3.63, 3.8) is 0 Å². The van der Waals surface area contributed by atoms with E-state index < -0.39 is 21.5 Å². The average molecular weight is 249 g/mol. The third kappa shape index (κ3) is 1.94. The normalized spacial score (nSPS) is 11.6. The minimum atomic E-state index is -3.98. The fraction of sp³-hybridized carbons (Fsp3) is 0.0833. The molecule has 0 aliphatic rings. The van der Waals surface area contributed by atoms with Crippen LogP contribution in [0.4, 0.5) is 0 Å². The summed E-state index contributed by atoms with van der Waals surface area (Å²) in [5.74, 6) is 0. The molecule has 0 heterocycles. The van der Waals surface area contributed by atoms with E-state index in [-0.39, 0.29) is 4.90 Å². The van der Waals surface area contributed by atoms with Gasteiger partial charge >= 0.3 is 0 Å². The highest BCUT2D eigenvalue weighted by Crippen LogP contribution is 2.23. The summed E-state index contributed by atoms with van der Waals surface area (Å²) >= 11 is 0. The Balaban J connectivity index is 2.77. The predicted molar refractivity (Wildman–Crippen MR) is 65.2 cm³/mol. The molecule has 0 aliphatic carbocycles. The Labute approximate surface area is 99.0 Å². The molecule has 0 aliphatic heterocycles. The second-order valence-electron chi connectivity index (χ2n) is 3.56. The van der Waals surface area contributed by atoms with Crippen molar-refractivity contribution in [3.05, 3.63) is 42.5 Å². The van der Waals surface area contributed by atoms with Gasteiger partial charge in [0, 0.05) is 5.39 Å². The molecule has 5 heteroatoms. The van der Waals surface area contributed by atoms with Crippen LogP contribution in [-0.4, -0.2) is 20.1 Å². The van der Waals surface area contributed by atoms with Crippen LogP contribution >= 0.6 is 0 Å². The second kappa shape index (κ2) is 4.27. The Morgan fingerprint density at radius 2 is 1.71 bits per heavy atom. The number of carbonyl (C=O) groups is 1. The monoisotopic (exact) mass is 249 g/mol. The van der Waals surface area contributed by atoms with Crippen molar-refractivity contribution < 1.29 is 13.2 Å². The molecule has 0 fully saturated rings. The minimum absolute atomic E-state index is 0.0195. The minimum Gasteiger partial charge on any atom is -0.323 e. The molecular formula is C12H11NO3S. The quantitative estimate of drug-likeness (QED) is 0.864. The van der Waals surface area contributed by atoms with Crippen LogP contribution in [0.1, 0.15) is 0 Å². The first-order chi connectivity index (χ1) is 8.07. The zero-order valence-corrected chi connectivity index (χ0v) is 9.78. The molecule has 2 aromatic rings. The first-order valence-corrected chi connectivity index (χ1v) is 6.51. The van der Waals surface area contributed by atoms with Crippen LogP contribution in [0.15, 0.2) is 47.4 Å². The number of hydrogen-bond acceptors (Lipinski definition) is 4. The van der Waals surface area contributed by atoms with Gasteiger partial charge in [-0.25, -0.2) is 8.42 Å². The number of fused-ring (bicyclic) bond motifs is 1. The average Bonchev–Trinajstić information content (AvgIpc) is 2.37. The molecule has 0 bridgehead atoms. The number of sulfone groups is 1. The van der Waals surface area contributed by atoms with Crippen molar-refractivity contribution in [3.8, 4) is 0 Å². The first-order valence-electron chi connectivity index (χ1n) is 5.03. The summed E-state index contributed by atoms with van der Waals surface area (Å²) in [6.45, 7) is -0.508. The van der Waals surface area contributed by atoms with E-state index in [0.717, 1.165) is 5.39 Å². The topological polar surface area (TPSA) is 77.2 Å². The molecule has 88 valence electrons. The molecule has 2 N–H and O–H groups in total. The zero-order valence-electron chi connectivity index (χ0n) is 8.96. The van der Waals surface area contributed by atoms with Crippen molar-refractivity contribution in [2.45, 2.75) is 4.90 Å². The Morgan fingerprint density at radius 3 is 2.41 bits per heavy atom. The van der Waals surface area contributed by atoms with Crippen molar-refractivity contribution in [1.29, 1.82) is 0 Å². The van der Waals surface area contributed by atoms with E-state index in [0.29, 0.717) is 5.39 Å². The van der Waals surface area contributed by atoms with Gasteiger partial charge in [0.15, 0.2) is 0 Å². The highest BCUT2D eigenvalue weighted by molar-refractivity contribution is 8.06. The van der Waals surface area contributed by atoms with Crippen LogP contribution < -0.4 is 5.73 Å². The number of hydrogen-bond donors (Lipinski definition) is 1. The van der Waals surface area contributed by atoms with Crippen LogP contribution in [0.25, 0.3) is 10.8 Å². The summed E-state index contributed by atoms with van der Waals surface area (Å²) in [6, 6.07) is 11.8. The van der Waals surface area contributed by atoms with Gasteiger partial charge < -0.3 is 5.73 Å². The Morgan fingerprint density at radius 1 is 1.06 bits per heavy atom. The molecule has 0 radical (unpaired) electrons. The zero-order chi connectivity index (χ0) is 12.5. The predicted octanol–water partition coefficient (Wildman–Crippen LogP) is 1.10. The Kier molecular flexibility index (Phi) is 2.95. The second-order valence-corrected chi connectivity index (χ2v) is 5.46. The van der Waals surface area contributed by atoms with Gasteiger partial charge in [0.05, 0.1) is 11.4 Å². The maximum Gasteiger partial charge on any atom is 0.264 e. The smallest absolute Gasteiger partial charge is 0.264 e. The summed E-state index contributed by atoms with van der Waals surface area (Å²) in [4.78, 5) is 11.4. The summed E-state index contributed by atoms with van der Waals surface area (Å²) in [6.07, 6.45) is 0. The molecule has 0 aromatic heterocycles. The van der Waals surface area contributed by atoms with E-state index in [1.165, 1.54) is 6.07 Å². The van der Waals surface area contributed by atoms with Crippen molar-refractivity contribution >= 4 is 25.7 Å². The lowest BCUT2D eigenvalue weighted by atomic mass is 10.1. The largest absolute Gasteiger partial charge is 0.323 e. The lowest BCUT2D eigenvalue weighted by molar-refractivity contribution is -0.110. The van der Waals surface area contributed by atoms with Crippen LogP contribution in [0, 0.1) is 0 Å². The van der Waals surface area contributed by atoms with Gasteiger partial charge in [-0.1, -0.05) is 36.4 Å². The van der Waals surface area contributed by atoms with Crippen molar-refractivity contribution in [1.82, 2.24) is 0 Å². The number of rotatable bonds is 2. The maximum atomic E-state index is 11.9. The van der Waals surface area contributed by atoms with E-state index >= 15 is 0 Å². The van der Waals surface area contributed by atoms with E-state index in [4.69, 9.17) is 5.73 Å². The van der Waals surface area contributed by atoms with E-state index in [2.05, 4.69) is 0 Å². The lowest BCUT2D eigenvalue weighted by Crippen LogP contribution is -2.23. The molecule has 0 atom stereocenters. The van der Waals surface area contributed by atoms with Gasteiger partial charge in [-0.05, 0) is 11.5 Å². The highest BCUT2D eigenvalue weighted by atomic mass is 32.2. The van der Waals surface area contributed by atoms with Crippen molar-refractivity contribution in [2.75, 3.05) is 6.54 Å².